The molecule has 0 saturated heterocycles. The summed E-state index contributed by atoms with van der Waals surface area (Å²) in [5.74, 6) is 0.713. The van der Waals surface area contributed by atoms with Crippen LogP contribution in [0.15, 0.2) is 12.1 Å². The van der Waals surface area contributed by atoms with Crippen LogP contribution in [0.3, 0.4) is 0 Å². The molecule has 2 aromatic heterocycles. The maximum absolute atomic E-state index is 8.91. The van der Waals surface area contributed by atoms with Crippen LogP contribution in [0.2, 0.25) is 5.15 Å². The highest BCUT2D eigenvalue weighted by molar-refractivity contribution is 7.16. The van der Waals surface area contributed by atoms with E-state index in [1.165, 1.54) is 11.3 Å². The van der Waals surface area contributed by atoms with Crippen molar-refractivity contribution in [3.8, 4) is 16.6 Å². The third-order valence-electron chi connectivity index (χ3n) is 2.71. The molecule has 0 aromatic carbocycles. The summed E-state index contributed by atoms with van der Waals surface area (Å²) in [5.41, 5.74) is 1.50. The fraction of sp³-hybridized carbons (Fsp3) is 0.357. The fourth-order valence-corrected chi connectivity index (χ4v) is 2.61. The van der Waals surface area contributed by atoms with Gasteiger partial charge in [0.2, 0.25) is 0 Å². The van der Waals surface area contributed by atoms with Gasteiger partial charge in [0.15, 0.2) is 0 Å². The highest BCUT2D eigenvalue weighted by atomic mass is 35.5. The van der Waals surface area contributed by atoms with Crippen molar-refractivity contribution >= 4 is 22.9 Å². The van der Waals surface area contributed by atoms with Gasteiger partial charge >= 0.3 is 0 Å². The highest BCUT2D eigenvalue weighted by Crippen LogP contribution is 2.33. The monoisotopic (exact) mass is 291 g/mol. The van der Waals surface area contributed by atoms with Gasteiger partial charge in [0.1, 0.15) is 21.9 Å². The molecule has 0 radical (unpaired) electrons. The molecule has 0 amide bonds. The first kappa shape index (κ1) is 14.0. The van der Waals surface area contributed by atoms with E-state index in [0.29, 0.717) is 15.9 Å². The van der Waals surface area contributed by atoms with Crippen LogP contribution in [0.1, 0.15) is 37.0 Å². The third-order valence-corrected chi connectivity index (χ3v) is 4.07. The SMILES string of the molecule is Cc1c(Cl)nc(C(C)(C)C)nc1-c1ccc(C#N)s1. The van der Waals surface area contributed by atoms with E-state index >= 15 is 0 Å². The van der Waals surface area contributed by atoms with E-state index in [4.69, 9.17) is 16.9 Å². The van der Waals surface area contributed by atoms with E-state index < -0.39 is 0 Å². The average molecular weight is 292 g/mol. The van der Waals surface area contributed by atoms with Crippen LogP contribution < -0.4 is 0 Å². The molecular weight excluding hydrogens is 278 g/mol. The van der Waals surface area contributed by atoms with Gasteiger partial charge in [-0.05, 0) is 19.1 Å². The second-order valence-corrected chi connectivity index (χ2v) is 6.78. The lowest BCUT2D eigenvalue weighted by Gasteiger charge is -2.18. The Bertz CT molecular complexity index is 662. The Kier molecular flexibility index (Phi) is 3.62. The van der Waals surface area contributed by atoms with Gasteiger partial charge in [-0.2, -0.15) is 5.26 Å². The maximum atomic E-state index is 8.91. The van der Waals surface area contributed by atoms with Crippen LogP contribution in [-0.2, 0) is 5.41 Å². The fourth-order valence-electron chi connectivity index (χ4n) is 1.59. The molecule has 0 aliphatic heterocycles. The van der Waals surface area contributed by atoms with Crippen molar-refractivity contribution in [2.45, 2.75) is 33.1 Å². The molecule has 0 fully saturated rings. The van der Waals surface area contributed by atoms with Crippen LogP contribution in [0.4, 0.5) is 0 Å². The zero-order chi connectivity index (χ0) is 14.2. The molecule has 2 heterocycles. The number of aromatic nitrogens is 2. The maximum Gasteiger partial charge on any atom is 0.136 e. The molecular formula is C14H14ClN3S. The smallest absolute Gasteiger partial charge is 0.136 e. The topological polar surface area (TPSA) is 49.6 Å². The minimum atomic E-state index is -0.165. The number of nitrogens with zero attached hydrogens (tertiary/aromatic N) is 3. The predicted molar refractivity (Wildman–Crippen MR) is 78.5 cm³/mol. The largest absolute Gasteiger partial charge is 0.231 e. The van der Waals surface area contributed by atoms with E-state index in [9.17, 15) is 0 Å². The molecule has 98 valence electrons. The minimum Gasteiger partial charge on any atom is -0.231 e. The van der Waals surface area contributed by atoms with Crippen molar-refractivity contribution in [3.63, 3.8) is 0 Å². The Balaban J connectivity index is 2.63. The molecule has 0 spiro atoms. The third kappa shape index (κ3) is 2.78. The zero-order valence-corrected chi connectivity index (χ0v) is 12.9. The van der Waals surface area contributed by atoms with Crippen molar-refractivity contribution in [2.75, 3.05) is 0 Å². The van der Waals surface area contributed by atoms with Crippen LogP contribution >= 0.6 is 22.9 Å². The first-order chi connectivity index (χ1) is 8.82. The van der Waals surface area contributed by atoms with Crippen molar-refractivity contribution in [1.82, 2.24) is 9.97 Å². The van der Waals surface area contributed by atoms with Crippen LogP contribution in [0.25, 0.3) is 10.6 Å². The quantitative estimate of drug-likeness (QED) is 0.735. The van der Waals surface area contributed by atoms with E-state index in [0.717, 1.165) is 16.1 Å². The van der Waals surface area contributed by atoms with Gasteiger partial charge in [-0.3, -0.25) is 0 Å². The van der Waals surface area contributed by atoms with Crippen molar-refractivity contribution < 1.29 is 0 Å². The lowest BCUT2D eigenvalue weighted by Crippen LogP contribution is -2.17. The predicted octanol–water partition coefficient (Wildman–Crippen LogP) is 4.34. The molecule has 0 atom stereocenters. The summed E-state index contributed by atoms with van der Waals surface area (Å²) in [5, 5.41) is 9.38. The number of hydrogen-bond donors (Lipinski definition) is 0. The van der Waals surface area contributed by atoms with Crippen molar-refractivity contribution in [1.29, 1.82) is 5.26 Å². The Hall–Kier alpha value is -1.44. The average Bonchev–Trinajstić information content (AvgIpc) is 2.79. The van der Waals surface area contributed by atoms with Gasteiger partial charge in [0.05, 0.1) is 10.6 Å². The summed E-state index contributed by atoms with van der Waals surface area (Å²) in [6.07, 6.45) is 0. The molecule has 0 unspecified atom stereocenters. The van der Waals surface area contributed by atoms with Gasteiger partial charge in [-0.25, -0.2) is 9.97 Å². The summed E-state index contributed by atoms with van der Waals surface area (Å²) < 4.78 is 0. The first-order valence-electron chi connectivity index (χ1n) is 5.88. The van der Waals surface area contributed by atoms with Crippen molar-refractivity contribution in [2.24, 2.45) is 0 Å². The molecule has 0 aliphatic carbocycles. The summed E-state index contributed by atoms with van der Waals surface area (Å²) in [6, 6.07) is 5.84. The normalized spacial score (nSPS) is 11.4. The van der Waals surface area contributed by atoms with Gasteiger partial charge in [-0.15, -0.1) is 11.3 Å². The molecule has 2 rings (SSSR count). The Morgan fingerprint density at radius 2 is 1.95 bits per heavy atom. The number of nitriles is 1. The second kappa shape index (κ2) is 4.92. The minimum absolute atomic E-state index is 0.165. The molecule has 0 N–H and O–H groups in total. The molecule has 0 saturated carbocycles. The van der Waals surface area contributed by atoms with Crippen molar-refractivity contribution in [3.05, 3.63) is 33.6 Å². The molecule has 3 nitrogen and oxygen atoms in total. The number of halogens is 1. The van der Waals surface area contributed by atoms with E-state index in [2.05, 4.69) is 16.0 Å². The van der Waals surface area contributed by atoms with E-state index in [1.807, 2.05) is 33.8 Å². The summed E-state index contributed by atoms with van der Waals surface area (Å²) in [6.45, 7) is 8.04. The summed E-state index contributed by atoms with van der Waals surface area (Å²) >= 11 is 7.62. The van der Waals surface area contributed by atoms with Crippen LogP contribution in [-0.4, -0.2) is 9.97 Å². The number of rotatable bonds is 1. The highest BCUT2D eigenvalue weighted by Gasteiger charge is 2.21. The van der Waals surface area contributed by atoms with Gasteiger partial charge in [0, 0.05) is 11.0 Å². The molecule has 2 aromatic rings. The van der Waals surface area contributed by atoms with Gasteiger partial charge in [-0.1, -0.05) is 32.4 Å². The molecule has 5 heteroatoms. The summed E-state index contributed by atoms with van der Waals surface area (Å²) in [7, 11) is 0. The lowest BCUT2D eigenvalue weighted by molar-refractivity contribution is 0.545. The van der Waals surface area contributed by atoms with Crippen LogP contribution in [0, 0.1) is 18.3 Å². The zero-order valence-electron chi connectivity index (χ0n) is 11.3. The number of thiophene rings is 1. The Labute approximate surface area is 121 Å². The van der Waals surface area contributed by atoms with Crippen LogP contribution in [0.5, 0.6) is 0 Å². The molecule has 0 bridgehead atoms. The molecule has 19 heavy (non-hydrogen) atoms. The molecule has 0 aliphatic rings. The first-order valence-corrected chi connectivity index (χ1v) is 7.07. The number of hydrogen-bond acceptors (Lipinski definition) is 4. The van der Waals surface area contributed by atoms with Gasteiger partial charge in [0.25, 0.3) is 0 Å². The second-order valence-electron chi connectivity index (χ2n) is 5.34. The summed E-state index contributed by atoms with van der Waals surface area (Å²) in [4.78, 5) is 10.6. The van der Waals surface area contributed by atoms with E-state index in [1.54, 1.807) is 6.07 Å². The lowest BCUT2D eigenvalue weighted by atomic mass is 9.95. The standard InChI is InChI=1S/C14H14ClN3S/c1-8-11(10-6-5-9(7-16)19-10)17-13(14(2,3)4)18-12(8)15/h5-6H,1-4H3. The Morgan fingerprint density at radius 1 is 1.26 bits per heavy atom. The Morgan fingerprint density at radius 3 is 2.47 bits per heavy atom. The van der Waals surface area contributed by atoms with Gasteiger partial charge < -0.3 is 0 Å². The van der Waals surface area contributed by atoms with E-state index in [-0.39, 0.29) is 5.41 Å².